The second-order valence-corrected chi connectivity index (χ2v) is 5.35. The van der Waals surface area contributed by atoms with Gasteiger partial charge >= 0.3 is 0 Å². The number of hydrogen-bond donors (Lipinski definition) is 1. The molecule has 2 rings (SSSR count). The molecule has 1 aromatic rings. The number of halogens is 1. The zero-order valence-electron chi connectivity index (χ0n) is 13.3. The number of hydrogen-bond acceptors (Lipinski definition) is 4. The summed E-state index contributed by atoms with van der Waals surface area (Å²) in [5.41, 5.74) is 0.994. The first-order valence-corrected chi connectivity index (χ1v) is 7.42. The van der Waals surface area contributed by atoms with Crippen LogP contribution in [0.1, 0.15) is 17.9 Å². The molecule has 1 unspecified atom stereocenters. The van der Waals surface area contributed by atoms with Crippen LogP contribution in [-0.4, -0.2) is 57.2 Å². The predicted octanol–water partition coefficient (Wildman–Crippen LogP) is 1.37. The van der Waals surface area contributed by atoms with Crippen molar-refractivity contribution < 1.29 is 23.5 Å². The maximum absolute atomic E-state index is 13.4. The molecule has 1 aliphatic rings. The van der Waals surface area contributed by atoms with E-state index in [4.69, 9.17) is 9.47 Å². The summed E-state index contributed by atoms with van der Waals surface area (Å²) in [7, 11) is 3.12. The van der Waals surface area contributed by atoms with Crippen molar-refractivity contribution in [1.82, 2.24) is 4.90 Å². The summed E-state index contributed by atoms with van der Waals surface area (Å²) < 4.78 is 23.4. The van der Waals surface area contributed by atoms with Crippen LogP contribution in [0.4, 0.5) is 10.1 Å². The minimum atomic E-state index is -0.618. The quantitative estimate of drug-likeness (QED) is 0.823. The van der Waals surface area contributed by atoms with Crippen LogP contribution in [0.25, 0.3) is 0 Å². The van der Waals surface area contributed by atoms with E-state index in [0.717, 1.165) is 0 Å². The van der Waals surface area contributed by atoms with Gasteiger partial charge in [-0.2, -0.15) is 0 Å². The number of ether oxygens (including phenoxy) is 2. The van der Waals surface area contributed by atoms with Crippen LogP contribution >= 0.6 is 0 Å². The molecule has 1 heterocycles. The van der Waals surface area contributed by atoms with Gasteiger partial charge in [-0.15, -0.1) is 0 Å². The number of fused-ring (bicyclic) bond motifs is 1. The van der Waals surface area contributed by atoms with Crippen LogP contribution in [-0.2, 0) is 19.1 Å². The Kier molecular flexibility index (Phi) is 6.06. The van der Waals surface area contributed by atoms with Crippen molar-refractivity contribution in [2.75, 3.05) is 45.8 Å². The number of carbonyl (C=O) groups excluding carboxylic acids is 2. The number of benzene rings is 1. The Morgan fingerprint density at radius 2 is 1.96 bits per heavy atom. The monoisotopic (exact) mass is 324 g/mol. The zero-order valence-corrected chi connectivity index (χ0v) is 13.3. The van der Waals surface area contributed by atoms with Gasteiger partial charge in [0.1, 0.15) is 5.82 Å². The lowest BCUT2D eigenvalue weighted by atomic mass is 9.89. The largest absolute Gasteiger partial charge is 0.383 e. The van der Waals surface area contributed by atoms with Crippen LogP contribution in [0.15, 0.2) is 18.2 Å². The molecule has 1 atom stereocenters. The number of anilines is 1. The van der Waals surface area contributed by atoms with Crippen molar-refractivity contribution in [3.8, 4) is 0 Å². The van der Waals surface area contributed by atoms with Gasteiger partial charge in [-0.1, -0.05) is 6.07 Å². The van der Waals surface area contributed by atoms with Crippen LogP contribution in [0.3, 0.4) is 0 Å². The fourth-order valence-electron chi connectivity index (χ4n) is 2.61. The normalized spacial score (nSPS) is 16.7. The molecule has 1 N–H and O–H groups in total. The molecule has 2 amide bonds. The van der Waals surface area contributed by atoms with Gasteiger partial charge in [-0.3, -0.25) is 9.59 Å². The minimum Gasteiger partial charge on any atom is -0.383 e. The SMILES string of the molecule is COCCN(CCOC)C(=O)C1CC(=O)Nc2cc(F)ccc21. The van der Waals surface area contributed by atoms with Gasteiger partial charge in [0, 0.05) is 39.4 Å². The number of amides is 2. The molecule has 0 aliphatic carbocycles. The zero-order chi connectivity index (χ0) is 16.8. The molecule has 0 fully saturated rings. The molecule has 6 nitrogen and oxygen atoms in total. The van der Waals surface area contributed by atoms with Crippen molar-refractivity contribution in [2.24, 2.45) is 0 Å². The first kappa shape index (κ1) is 17.4. The van der Waals surface area contributed by atoms with Gasteiger partial charge in [0.05, 0.1) is 19.1 Å². The van der Waals surface area contributed by atoms with Gasteiger partial charge < -0.3 is 19.7 Å². The van der Waals surface area contributed by atoms with Crippen molar-refractivity contribution in [1.29, 1.82) is 0 Å². The minimum absolute atomic E-state index is 0.0495. The van der Waals surface area contributed by atoms with E-state index < -0.39 is 11.7 Å². The Bertz CT molecular complexity index is 571. The molecule has 0 bridgehead atoms. The Morgan fingerprint density at radius 3 is 2.57 bits per heavy atom. The molecular formula is C16H21FN2O4. The average Bonchev–Trinajstić information content (AvgIpc) is 2.53. The summed E-state index contributed by atoms with van der Waals surface area (Å²) >= 11 is 0. The van der Waals surface area contributed by atoms with E-state index in [2.05, 4.69) is 5.32 Å². The second kappa shape index (κ2) is 8.03. The van der Waals surface area contributed by atoms with Crippen LogP contribution in [0, 0.1) is 5.82 Å². The molecule has 0 saturated carbocycles. The summed E-state index contributed by atoms with van der Waals surface area (Å²) in [4.78, 5) is 26.3. The van der Waals surface area contributed by atoms with E-state index in [1.54, 1.807) is 25.2 Å². The van der Waals surface area contributed by atoms with E-state index in [-0.39, 0.29) is 18.2 Å². The molecule has 7 heteroatoms. The maximum atomic E-state index is 13.4. The number of rotatable bonds is 7. The van der Waals surface area contributed by atoms with Crippen molar-refractivity contribution >= 4 is 17.5 Å². The Hall–Kier alpha value is -1.99. The average molecular weight is 324 g/mol. The fraction of sp³-hybridized carbons (Fsp3) is 0.500. The molecule has 0 radical (unpaired) electrons. The maximum Gasteiger partial charge on any atom is 0.230 e. The van der Waals surface area contributed by atoms with Gasteiger partial charge in [0.15, 0.2) is 0 Å². The lowest BCUT2D eigenvalue weighted by molar-refractivity contribution is -0.136. The molecular weight excluding hydrogens is 303 g/mol. The smallest absolute Gasteiger partial charge is 0.230 e. The van der Waals surface area contributed by atoms with E-state index in [0.29, 0.717) is 37.6 Å². The molecule has 1 aliphatic heterocycles. The Morgan fingerprint density at radius 1 is 1.30 bits per heavy atom. The second-order valence-electron chi connectivity index (χ2n) is 5.35. The predicted molar refractivity (Wildman–Crippen MR) is 82.7 cm³/mol. The third-order valence-electron chi connectivity index (χ3n) is 3.79. The Labute approximate surface area is 134 Å². The molecule has 0 saturated heterocycles. The summed E-state index contributed by atoms with van der Waals surface area (Å²) in [5, 5.41) is 2.61. The number of carbonyl (C=O) groups is 2. The highest BCUT2D eigenvalue weighted by Crippen LogP contribution is 2.34. The van der Waals surface area contributed by atoms with Crippen LogP contribution in [0.5, 0.6) is 0 Å². The molecule has 126 valence electrons. The summed E-state index contributed by atoms with van der Waals surface area (Å²) in [5.74, 6) is -1.54. The lowest BCUT2D eigenvalue weighted by Gasteiger charge is -2.30. The molecule has 0 spiro atoms. The van der Waals surface area contributed by atoms with Gasteiger partial charge in [0.25, 0.3) is 0 Å². The van der Waals surface area contributed by atoms with Crippen molar-refractivity contribution in [2.45, 2.75) is 12.3 Å². The highest BCUT2D eigenvalue weighted by atomic mass is 19.1. The van der Waals surface area contributed by atoms with Crippen molar-refractivity contribution in [3.63, 3.8) is 0 Å². The summed E-state index contributed by atoms with van der Waals surface area (Å²) in [6.07, 6.45) is 0.0495. The Balaban J connectivity index is 2.24. The van der Waals surface area contributed by atoms with Gasteiger partial charge in [-0.05, 0) is 17.7 Å². The first-order valence-electron chi connectivity index (χ1n) is 7.42. The van der Waals surface area contributed by atoms with E-state index in [1.165, 1.54) is 12.1 Å². The van der Waals surface area contributed by atoms with E-state index >= 15 is 0 Å². The number of methoxy groups -OCH3 is 2. The molecule has 23 heavy (non-hydrogen) atoms. The van der Waals surface area contributed by atoms with E-state index in [1.807, 2.05) is 0 Å². The summed E-state index contributed by atoms with van der Waals surface area (Å²) in [6.45, 7) is 1.61. The van der Waals surface area contributed by atoms with Crippen LogP contribution in [0.2, 0.25) is 0 Å². The van der Waals surface area contributed by atoms with Gasteiger partial charge in [0.2, 0.25) is 11.8 Å². The van der Waals surface area contributed by atoms with Crippen molar-refractivity contribution in [3.05, 3.63) is 29.6 Å². The number of nitrogens with one attached hydrogen (secondary N) is 1. The lowest BCUT2D eigenvalue weighted by Crippen LogP contribution is -2.41. The highest BCUT2D eigenvalue weighted by molar-refractivity contribution is 6.01. The topological polar surface area (TPSA) is 67.9 Å². The highest BCUT2D eigenvalue weighted by Gasteiger charge is 2.33. The molecule has 1 aromatic carbocycles. The first-order chi connectivity index (χ1) is 11.1. The number of nitrogens with zero attached hydrogens (tertiary/aromatic N) is 1. The fourth-order valence-corrected chi connectivity index (χ4v) is 2.61. The molecule has 0 aromatic heterocycles. The summed E-state index contributed by atoms with van der Waals surface area (Å²) in [6, 6.07) is 4.09. The van der Waals surface area contributed by atoms with Crippen LogP contribution < -0.4 is 5.32 Å². The standard InChI is InChI=1S/C16H21FN2O4/c1-22-7-5-19(6-8-23-2)16(21)13-10-15(20)18-14-9-11(17)3-4-12(13)14/h3-4,9,13H,5-8,10H2,1-2H3,(H,18,20). The third kappa shape index (κ3) is 4.27. The van der Waals surface area contributed by atoms with Gasteiger partial charge in [-0.25, -0.2) is 4.39 Å². The van der Waals surface area contributed by atoms with E-state index in [9.17, 15) is 14.0 Å². The third-order valence-corrected chi connectivity index (χ3v) is 3.79.